The number of likely N-dealkylation sites (tertiary alicyclic amines) is 1. The molecule has 1 fully saturated rings. The van der Waals surface area contributed by atoms with Crippen LogP contribution in [0.3, 0.4) is 0 Å². The van der Waals surface area contributed by atoms with Crippen LogP contribution in [0.1, 0.15) is 55.0 Å². The van der Waals surface area contributed by atoms with Crippen molar-refractivity contribution >= 4 is 17.4 Å². The average molecular weight is 457 g/mol. The Morgan fingerprint density at radius 1 is 1.09 bits per heavy atom. The molecule has 6 nitrogen and oxygen atoms in total. The van der Waals surface area contributed by atoms with E-state index in [0.717, 1.165) is 16.7 Å². The van der Waals surface area contributed by atoms with Gasteiger partial charge in [-0.1, -0.05) is 56.3 Å². The largest absolute Gasteiger partial charge is 0.507 e. The van der Waals surface area contributed by atoms with E-state index in [9.17, 15) is 14.7 Å². The van der Waals surface area contributed by atoms with Crippen LogP contribution in [0.2, 0.25) is 0 Å². The van der Waals surface area contributed by atoms with Crippen LogP contribution < -0.4 is 4.74 Å². The van der Waals surface area contributed by atoms with Gasteiger partial charge in [0.1, 0.15) is 11.5 Å². The first kappa shape index (κ1) is 23.2. The standard InChI is InChI=1S/C28H28N2O4/c1-4-34-23-9-5-8-22(15-23)26(31)24-25(21-12-10-20(11-13-21)18(2)3)30(28(33)27(24)32)17-19-7-6-14-29-16-19/h5-16,18,25,31H,4,17H2,1-3H3/b26-24+. The molecule has 1 unspecified atom stereocenters. The van der Waals surface area contributed by atoms with E-state index in [1.807, 2.05) is 37.3 Å². The van der Waals surface area contributed by atoms with Crippen LogP contribution in [0.4, 0.5) is 0 Å². The average Bonchev–Trinajstić information content (AvgIpc) is 3.09. The molecule has 4 rings (SSSR count). The molecule has 3 aromatic rings. The lowest BCUT2D eigenvalue weighted by Gasteiger charge is -2.25. The molecule has 34 heavy (non-hydrogen) atoms. The number of nitrogens with zero attached hydrogens (tertiary/aromatic N) is 2. The van der Waals surface area contributed by atoms with Crippen molar-refractivity contribution in [2.75, 3.05) is 6.61 Å². The Labute approximate surface area is 199 Å². The molecule has 1 atom stereocenters. The van der Waals surface area contributed by atoms with Crippen molar-refractivity contribution in [1.82, 2.24) is 9.88 Å². The molecule has 2 heterocycles. The molecule has 0 radical (unpaired) electrons. The van der Waals surface area contributed by atoms with Crippen LogP contribution >= 0.6 is 0 Å². The van der Waals surface area contributed by atoms with E-state index in [2.05, 4.69) is 18.8 Å². The summed E-state index contributed by atoms with van der Waals surface area (Å²) in [7, 11) is 0. The summed E-state index contributed by atoms with van der Waals surface area (Å²) in [5.41, 5.74) is 3.20. The first-order valence-electron chi connectivity index (χ1n) is 11.4. The van der Waals surface area contributed by atoms with Crippen molar-refractivity contribution in [1.29, 1.82) is 0 Å². The van der Waals surface area contributed by atoms with Crippen LogP contribution in [-0.4, -0.2) is 33.3 Å². The number of aromatic nitrogens is 1. The molecule has 1 aliphatic heterocycles. The van der Waals surface area contributed by atoms with Crippen LogP contribution in [0.15, 0.2) is 78.6 Å². The van der Waals surface area contributed by atoms with Gasteiger partial charge in [0.15, 0.2) is 0 Å². The highest BCUT2D eigenvalue weighted by Crippen LogP contribution is 2.40. The second-order valence-electron chi connectivity index (χ2n) is 8.57. The van der Waals surface area contributed by atoms with Gasteiger partial charge in [0.05, 0.1) is 18.2 Å². The van der Waals surface area contributed by atoms with E-state index in [-0.39, 0.29) is 17.9 Å². The van der Waals surface area contributed by atoms with Crippen molar-refractivity contribution in [3.63, 3.8) is 0 Å². The quantitative estimate of drug-likeness (QED) is 0.299. The van der Waals surface area contributed by atoms with Crippen molar-refractivity contribution < 1.29 is 19.4 Å². The van der Waals surface area contributed by atoms with Crippen LogP contribution in [0.25, 0.3) is 5.76 Å². The summed E-state index contributed by atoms with van der Waals surface area (Å²) in [5.74, 6) is -0.650. The third kappa shape index (κ3) is 4.57. The molecule has 1 amide bonds. The third-order valence-corrected chi connectivity index (χ3v) is 5.95. The van der Waals surface area contributed by atoms with E-state index in [0.29, 0.717) is 23.8 Å². The fraction of sp³-hybridized carbons (Fsp3) is 0.250. The van der Waals surface area contributed by atoms with Crippen molar-refractivity contribution in [2.45, 2.75) is 39.3 Å². The monoisotopic (exact) mass is 456 g/mol. The zero-order valence-corrected chi connectivity index (χ0v) is 19.6. The lowest BCUT2D eigenvalue weighted by molar-refractivity contribution is -0.140. The van der Waals surface area contributed by atoms with Gasteiger partial charge in [-0.3, -0.25) is 14.6 Å². The van der Waals surface area contributed by atoms with Gasteiger partial charge in [0.2, 0.25) is 0 Å². The highest BCUT2D eigenvalue weighted by molar-refractivity contribution is 6.46. The topological polar surface area (TPSA) is 79.7 Å². The SMILES string of the molecule is CCOc1cccc(/C(O)=C2\C(=O)C(=O)N(Cc3cccnc3)C2c2ccc(C(C)C)cc2)c1. The van der Waals surface area contributed by atoms with Crippen molar-refractivity contribution in [2.24, 2.45) is 0 Å². The fourth-order valence-electron chi connectivity index (χ4n) is 4.20. The van der Waals surface area contributed by atoms with Gasteiger partial charge in [-0.15, -0.1) is 0 Å². The smallest absolute Gasteiger partial charge is 0.295 e. The second kappa shape index (κ2) is 9.91. The number of aliphatic hydroxyl groups excluding tert-OH is 1. The number of carbonyl (C=O) groups is 2. The number of carbonyl (C=O) groups excluding carboxylic acids is 2. The zero-order valence-electron chi connectivity index (χ0n) is 19.6. The summed E-state index contributed by atoms with van der Waals surface area (Å²) < 4.78 is 5.55. The number of pyridine rings is 1. The number of Topliss-reactive ketones (excluding diaryl/α,β-unsaturated/α-hetero) is 1. The van der Waals surface area contributed by atoms with Crippen LogP contribution in [0, 0.1) is 0 Å². The lowest BCUT2D eigenvalue weighted by atomic mass is 9.93. The summed E-state index contributed by atoms with van der Waals surface area (Å²) >= 11 is 0. The van der Waals surface area contributed by atoms with Crippen molar-refractivity contribution in [3.05, 3.63) is 101 Å². The molecule has 0 saturated carbocycles. The van der Waals surface area contributed by atoms with E-state index in [1.165, 1.54) is 4.90 Å². The minimum atomic E-state index is -0.725. The van der Waals surface area contributed by atoms with Gasteiger partial charge in [-0.25, -0.2) is 0 Å². The molecular formula is C28H28N2O4. The molecule has 1 saturated heterocycles. The number of benzene rings is 2. The van der Waals surface area contributed by atoms with Crippen molar-refractivity contribution in [3.8, 4) is 5.75 Å². The molecule has 1 N–H and O–H groups in total. The summed E-state index contributed by atoms with van der Waals surface area (Å²) in [6, 6.07) is 17.7. The normalized spacial score (nSPS) is 17.4. The molecule has 0 bridgehead atoms. The Morgan fingerprint density at radius 3 is 2.50 bits per heavy atom. The molecule has 1 aliphatic rings. The van der Waals surface area contributed by atoms with E-state index < -0.39 is 17.7 Å². The van der Waals surface area contributed by atoms with Gasteiger partial charge in [-0.2, -0.15) is 0 Å². The van der Waals surface area contributed by atoms with Gasteiger partial charge in [0, 0.05) is 24.5 Å². The Bertz CT molecular complexity index is 1220. The maximum atomic E-state index is 13.2. The number of ketones is 1. The van der Waals surface area contributed by atoms with Crippen LogP contribution in [-0.2, 0) is 16.1 Å². The highest BCUT2D eigenvalue weighted by Gasteiger charge is 2.46. The van der Waals surface area contributed by atoms with Gasteiger partial charge in [-0.05, 0) is 47.7 Å². The number of hydrogen-bond donors (Lipinski definition) is 1. The highest BCUT2D eigenvalue weighted by atomic mass is 16.5. The predicted octanol–water partition coefficient (Wildman–Crippen LogP) is 5.23. The third-order valence-electron chi connectivity index (χ3n) is 5.95. The minimum Gasteiger partial charge on any atom is -0.507 e. The second-order valence-corrected chi connectivity index (χ2v) is 8.57. The zero-order chi connectivity index (χ0) is 24.2. The number of amides is 1. The Kier molecular flexibility index (Phi) is 6.77. The molecular weight excluding hydrogens is 428 g/mol. The Hall–Kier alpha value is -3.93. The number of aliphatic hydroxyl groups is 1. The molecule has 2 aromatic carbocycles. The molecule has 1 aromatic heterocycles. The fourth-order valence-corrected chi connectivity index (χ4v) is 4.20. The first-order chi connectivity index (χ1) is 16.4. The maximum absolute atomic E-state index is 13.2. The summed E-state index contributed by atoms with van der Waals surface area (Å²) in [6.07, 6.45) is 3.33. The molecule has 6 heteroatoms. The lowest BCUT2D eigenvalue weighted by Crippen LogP contribution is -2.29. The Morgan fingerprint density at radius 2 is 1.85 bits per heavy atom. The van der Waals surface area contributed by atoms with E-state index in [4.69, 9.17) is 4.74 Å². The van der Waals surface area contributed by atoms with E-state index in [1.54, 1.807) is 42.7 Å². The molecule has 0 spiro atoms. The number of hydrogen-bond acceptors (Lipinski definition) is 5. The van der Waals surface area contributed by atoms with Gasteiger partial charge < -0.3 is 14.7 Å². The summed E-state index contributed by atoms with van der Waals surface area (Å²) in [4.78, 5) is 32.0. The first-order valence-corrected chi connectivity index (χ1v) is 11.4. The Balaban J connectivity index is 1.84. The predicted molar refractivity (Wildman–Crippen MR) is 130 cm³/mol. The molecule has 0 aliphatic carbocycles. The van der Waals surface area contributed by atoms with E-state index >= 15 is 0 Å². The van der Waals surface area contributed by atoms with Gasteiger partial charge >= 0.3 is 0 Å². The van der Waals surface area contributed by atoms with Crippen LogP contribution in [0.5, 0.6) is 5.75 Å². The maximum Gasteiger partial charge on any atom is 0.295 e. The molecule has 174 valence electrons. The minimum absolute atomic E-state index is 0.0693. The summed E-state index contributed by atoms with van der Waals surface area (Å²) in [5, 5.41) is 11.3. The van der Waals surface area contributed by atoms with Gasteiger partial charge in [0.25, 0.3) is 11.7 Å². The number of rotatable bonds is 7. The summed E-state index contributed by atoms with van der Waals surface area (Å²) in [6.45, 7) is 6.76. The number of ether oxygens (including phenoxy) is 1.